The molecule has 2 rings (SSSR count). The molecule has 1 heterocycles. The molecular weight excluding hydrogens is 276 g/mol. The van der Waals surface area contributed by atoms with E-state index >= 15 is 0 Å². The molecular formula is C14H17ClN4O. The van der Waals surface area contributed by atoms with Gasteiger partial charge in [0.05, 0.1) is 11.7 Å². The van der Waals surface area contributed by atoms with E-state index in [1.807, 2.05) is 27.1 Å². The third-order valence-corrected chi connectivity index (χ3v) is 3.18. The Labute approximate surface area is 122 Å². The lowest BCUT2D eigenvalue weighted by Crippen LogP contribution is -2.31. The van der Waals surface area contributed by atoms with Gasteiger partial charge in [-0.3, -0.25) is 4.68 Å². The minimum atomic E-state index is -0.275. The van der Waals surface area contributed by atoms with Crippen LogP contribution in [-0.4, -0.2) is 15.8 Å². The van der Waals surface area contributed by atoms with E-state index in [-0.39, 0.29) is 12.1 Å². The number of amides is 2. The second kappa shape index (κ2) is 5.96. The molecule has 2 aromatic rings. The molecule has 1 aromatic carbocycles. The summed E-state index contributed by atoms with van der Waals surface area (Å²) in [5.74, 6) is 0. The Kier molecular flexibility index (Phi) is 4.29. The average molecular weight is 293 g/mol. The van der Waals surface area contributed by atoms with Crippen LogP contribution in [0.4, 0.5) is 10.5 Å². The van der Waals surface area contributed by atoms with Gasteiger partial charge in [0.15, 0.2) is 0 Å². The number of urea groups is 1. The summed E-state index contributed by atoms with van der Waals surface area (Å²) < 4.78 is 1.73. The monoisotopic (exact) mass is 292 g/mol. The zero-order valence-corrected chi connectivity index (χ0v) is 12.4. The first-order valence-electron chi connectivity index (χ1n) is 6.29. The van der Waals surface area contributed by atoms with E-state index in [9.17, 15) is 4.79 Å². The molecule has 20 heavy (non-hydrogen) atoms. The smallest absolute Gasteiger partial charge is 0.319 e. The lowest BCUT2D eigenvalue weighted by Gasteiger charge is -2.14. The molecule has 0 aliphatic rings. The number of carbonyl (C=O) groups is 1. The molecule has 1 aromatic heterocycles. The SMILES string of the molecule is Cc1nn(C)cc1C(C)NC(=O)Nc1cccc(Cl)c1. The van der Waals surface area contributed by atoms with Crippen LogP contribution in [0.15, 0.2) is 30.5 Å². The molecule has 0 aliphatic heterocycles. The first-order chi connectivity index (χ1) is 9.45. The third kappa shape index (κ3) is 3.51. The highest BCUT2D eigenvalue weighted by atomic mass is 35.5. The van der Waals surface area contributed by atoms with E-state index in [2.05, 4.69) is 15.7 Å². The van der Waals surface area contributed by atoms with Gasteiger partial charge in [0.2, 0.25) is 0 Å². The van der Waals surface area contributed by atoms with Gasteiger partial charge in [-0.15, -0.1) is 0 Å². The van der Waals surface area contributed by atoms with Crippen LogP contribution in [0, 0.1) is 6.92 Å². The topological polar surface area (TPSA) is 59.0 Å². The quantitative estimate of drug-likeness (QED) is 0.912. The first kappa shape index (κ1) is 14.4. The van der Waals surface area contributed by atoms with Crippen LogP contribution in [0.5, 0.6) is 0 Å². The number of rotatable bonds is 3. The minimum Gasteiger partial charge on any atom is -0.331 e. The number of benzene rings is 1. The van der Waals surface area contributed by atoms with Crippen LogP contribution >= 0.6 is 11.6 Å². The Morgan fingerprint density at radius 1 is 1.45 bits per heavy atom. The maximum Gasteiger partial charge on any atom is 0.319 e. The van der Waals surface area contributed by atoms with Gasteiger partial charge in [0.1, 0.15) is 0 Å². The molecule has 0 fully saturated rings. The molecule has 5 nitrogen and oxygen atoms in total. The standard InChI is InChI=1S/C14H17ClN4O/c1-9(13-8-19(3)18-10(13)2)16-14(20)17-12-6-4-5-11(15)7-12/h4-9H,1-3H3,(H2,16,17,20). The van der Waals surface area contributed by atoms with Crippen LogP contribution in [0.2, 0.25) is 5.02 Å². The van der Waals surface area contributed by atoms with E-state index in [0.29, 0.717) is 10.7 Å². The summed E-state index contributed by atoms with van der Waals surface area (Å²) in [5.41, 5.74) is 2.56. The Balaban J connectivity index is 1.99. The van der Waals surface area contributed by atoms with Crippen LogP contribution in [0.25, 0.3) is 0 Å². The summed E-state index contributed by atoms with van der Waals surface area (Å²) in [4.78, 5) is 11.9. The van der Waals surface area contributed by atoms with Crippen molar-refractivity contribution in [3.63, 3.8) is 0 Å². The predicted molar refractivity (Wildman–Crippen MR) is 80.0 cm³/mol. The largest absolute Gasteiger partial charge is 0.331 e. The summed E-state index contributed by atoms with van der Waals surface area (Å²) >= 11 is 5.87. The maximum absolute atomic E-state index is 11.9. The van der Waals surface area contributed by atoms with Crippen molar-refractivity contribution in [1.29, 1.82) is 0 Å². The second-order valence-corrected chi connectivity index (χ2v) is 5.11. The van der Waals surface area contributed by atoms with Crippen molar-refractivity contribution in [3.8, 4) is 0 Å². The van der Waals surface area contributed by atoms with E-state index in [0.717, 1.165) is 11.3 Å². The predicted octanol–water partition coefficient (Wildman–Crippen LogP) is 3.26. The Bertz CT molecular complexity index is 623. The molecule has 1 unspecified atom stereocenters. The lowest BCUT2D eigenvalue weighted by molar-refractivity contribution is 0.249. The van der Waals surface area contributed by atoms with Gasteiger partial charge >= 0.3 is 6.03 Å². The average Bonchev–Trinajstić information content (AvgIpc) is 2.68. The maximum atomic E-state index is 11.9. The van der Waals surface area contributed by atoms with Gasteiger partial charge in [0.25, 0.3) is 0 Å². The van der Waals surface area contributed by atoms with Gasteiger partial charge < -0.3 is 10.6 Å². The Morgan fingerprint density at radius 3 is 2.80 bits per heavy atom. The molecule has 1 atom stereocenters. The van der Waals surface area contributed by atoms with E-state index in [1.54, 1.807) is 28.9 Å². The van der Waals surface area contributed by atoms with E-state index in [1.165, 1.54) is 0 Å². The van der Waals surface area contributed by atoms with Crippen molar-refractivity contribution < 1.29 is 4.79 Å². The van der Waals surface area contributed by atoms with Crippen molar-refractivity contribution in [1.82, 2.24) is 15.1 Å². The van der Waals surface area contributed by atoms with Crippen molar-refractivity contribution in [2.45, 2.75) is 19.9 Å². The molecule has 2 amide bonds. The van der Waals surface area contributed by atoms with Crippen molar-refractivity contribution >= 4 is 23.3 Å². The van der Waals surface area contributed by atoms with Gasteiger partial charge in [-0.1, -0.05) is 17.7 Å². The highest BCUT2D eigenvalue weighted by Gasteiger charge is 2.14. The highest BCUT2D eigenvalue weighted by Crippen LogP contribution is 2.17. The normalized spacial score (nSPS) is 12.0. The van der Waals surface area contributed by atoms with Crippen molar-refractivity contribution in [3.05, 3.63) is 46.7 Å². The van der Waals surface area contributed by atoms with Gasteiger partial charge in [0, 0.05) is 29.5 Å². The molecule has 0 aliphatic carbocycles. The molecule has 0 saturated carbocycles. The van der Waals surface area contributed by atoms with Crippen LogP contribution in [0.3, 0.4) is 0 Å². The summed E-state index contributed by atoms with van der Waals surface area (Å²) in [6, 6.07) is 6.62. The van der Waals surface area contributed by atoms with Crippen molar-refractivity contribution in [2.75, 3.05) is 5.32 Å². The Hall–Kier alpha value is -2.01. The molecule has 6 heteroatoms. The number of hydrogen-bond donors (Lipinski definition) is 2. The molecule has 0 bridgehead atoms. The van der Waals surface area contributed by atoms with Crippen LogP contribution < -0.4 is 10.6 Å². The number of nitrogens with zero attached hydrogens (tertiary/aromatic N) is 2. The van der Waals surface area contributed by atoms with Gasteiger partial charge in [-0.2, -0.15) is 5.10 Å². The minimum absolute atomic E-state index is 0.122. The van der Waals surface area contributed by atoms with Crippen LogP contribution in [0.1, 0.15) is 24.2 Å². The number of carbonyl (C=O) groups excluding carboxylic acids is 1. The van der Waals surface area contributed by atoms with E-state index < -0.39 is 0 Å². The number of hydrogen-bond acceptors (Lipinski definition) is 2. The fraction of sp³-hybridized carbons (Fsp3) is 0.286. The highest BCUT2D eigenvalue weighted by molar-refractivity contribution is 6.30. The zero-order chi connectivity index (χ0) is 14.7. The van der Waals surface area contributed by atoms with Gasteiger partial charge in [-0.25, -0.2) is 4.79 Å². The molecule has 106 valence electrons. The zero-order valence-electron chi connectivity index (χ0n) is 11.6. The first-order valence-corrected chi connectivity index (χ1v) is 6.66. The fourth-order valence-corrected chi connectivity index (χ4v) is 2.24. The summed E-state index contributed by atoms with van der Waals surface area (Å²) in [5, 5.41) is 10.5. The van der Waals surface area contributed by atoms with Gasteiger partial charge in [-0.05, 0) is 32.0 Å². The summed E-state index contributed by atoms with van der Waals surface area (Å²) in [6.45, 7) is 3.84. The van der Waals surface area contributed by atoms with Crippen LogP contribution in [-0.2, 0) is 7.05 Å². The fourth-order valence-electron chi connectivity index (χ4n) is 2.05. The number of aryl methyl sites for hydroxylation is 2. The Morgan fingerprint density at radius 2 is 2.20 bits per heavy atom. The molecule has 0 spiro atoms. The molecule has 0 radical (unpaired) electrons. The molecule has 2 N–H and O–H groups in total. The summed E-state index contributed by atoms with van der Waals surface area (Å²) in [6.07, 6.45) is 1.90. The molecule has 0 saturated heterocycles. The number of anilines is 1. The lowest BCUT2D eigenvalue weighted by atomic mass is 10.1. The third-order valence-electron chi connectivity index (χ3n) is 2.95. The summed E-state index contributed by atoms with van der Waals surface area (Å²) in [7, 11) is 1.86. The number of aromatic nitrogens is 2. The number of nitrogens with one attached hydrogen (secondary N) is 2. The van der Waals surface area contributed by atoms with E-state index in [4.69, 9.17) is 11.6 Å². The van der Waals surface area contributed by atoms with Crippen molar-refractivity contribution in [2.24, 2.45) is 7.05 Å². The second-order valence-electron chi connectivity index (χ2n) is 4.67. The number of halogens is 1.